The molecule has 182 valence electrons. The van der Waals surface area contributed by atoms with Crippen LogP contribution in [0.15, 0.2) is 53.0 Å². The first-order valence-corrected chi connectivity index (χ1v) is 11.1. The van der Waals surface area contributed by atoms with Crippen molar-refractivity contribution in [1.82, 2.24) is 0 Å². The number of rotatable bonds is 2. The Hall–Kier alpha value is -4.70. The second-order valence-electron chi connectivity index (χ2n) is 8.10. The molecule has 0 fully saturated rings. The van der Waals surface area contributed by atoms with Gasteiger partial charge in [0.1, 0.15) is 5.75 Å². The van der Waals surface area contributed by atoms with E-state index in [2.05, 4.69) is 15.9 Å². The fraction of sp³-hybridized carbons (Fsp3) is 0. The molecule has 0 bridgehead atoms. The summed E-state index contributed by atoms with van der Waals surface area (Å²) in [4.78, 5) is 0. The highest BCUT2D eigenvalue weighted by atomic mass is 79.9. The van der Waals surface area contributed by atoms with Gasteiger partial charge in [-0.05, 0) is 34.9 Å². The third-order valence-corrected chi connectivity index (χ3v) is 6.62. The van der Waals surface area contributed by atoms with Gasteiger partial charge in [0.15, 0.2) is 23.0 Å². The maximum Gasteiger partial charge on any atom is 0.205 e. The summed E-state index contributed by atoms with van der Waals surface area (Å²) in [5.74, 6) is -9.37. The number of halogens is 1. The average molecular weight is 553 g/mol. The van der Waals surface area contributed by atoms with Crippen LogP contribution >= 0.6 is 15.9 Å². The molecule has 0 aliphatic heterocycles. The van der Waals surface area contributed by atoms with E-state index < -0.39 is 73.3 Å². The van der Waals surface area contributed by atoms with Gasteiger partial charge in [-0.1, -0.05) is 46.3 Å². The number of hydrogen-bond acceptors (Lipinski definition) is 9. The first kappa shape index (κ1) is 23.1. The van der Waals surface area contributed by atoms with E-state index in [9.17, 15) is 46.0 Å². The van der Waals surface area contributed by atoms with Crippen molar-refractivity contribution in [2.75, 3.05) is 0 Å². The molecule has 10 heteroatoms. The standard InChI is InChI=1S/C26H17BrO9/c27-12-6-4-9(5-7-12)10-2-1-3-11(8-10)13-14-15(20(30)24(34)23(33)19(14)29)16-17(18(13)28)22(32)26(36)25(35)21(16)31/h1-8,28-36H. The normalized spacial score (nSPS) is 11.4. The highest BCUT2D eigenvalue weighted by Gasteiger charge is 2.31. The lowest BCUT2D eigenvalue weighted by atomic mass is 9.88. The fourth-order valence-electron chi connectivity index (χ4n) is 4.38. The van der Waals surface area contributed by atoms with E-state index >= 15 is 0 Å². The van der Waals surface area contributed by atoms with Crippen LogP contribution in [0.2, 0.25) is 0 Å². The summed E-state index contributed by atoms with van der Waals surface area (Å²) in [6.45, 7) is 0. The molecule has 0 heterocycles. The van der Waals surface area contributed by atoms with Crippen LogP contribution in [0.5, 0.6) is 51.7 Å². The number of phenolic OH excluding ortho intramolecular Hbond substituents is 9. The van der Waals surface area contributed by atoms with Crippen molar-refractivity contribution >= 4 is 37.5 Å². The fourth-order valence-corrected chi connectivity index (χ4v) is 4.64. The van der Waals surface area contributed by atoms with E-state index in [0.717, 1.165) is 10.0 Å². The van der Waals surface area contributed by atoms with Gasteiger partial charge in [-0.2, -0.15) is 0 Å². The largest absolute Gasteiger partial charge is 0.506 e. The molecule has 5 rings (SSSR count). The molecule has 9 N–H and O–H groups in total. The third kappa shape index (κ3) is 3.08. The van der Waals surface area contributed by atoms with E-state index in [1.165, 1.54) is 0 Å². The van der Waals surface area contributed by atoms with Gasteiger partial charge in [-0.3, -0.25) is 0 Å². The molecule has 5 aromatic carbocycles. The van der Waals surface area contributed by atoms with E-state index in [-0.39, 0.29) is 11.1 Å². The lowest BCUT2D eigenvalue weighted by Gasteiger charge is -2.20. The number of fused-ring (bicyclic) bond motifs is 3. The van der Waals surface area contributed by atoms with Gasteiger partial charge in [-0.15, -0.1) is 0 Å². The molecule has 36 heavy (non-hydrogen) atoms. The van der Waals surface area contributed by atoms with Crippen LogP contribution in [0.1, 0.15) is 0 Å². The predicted molar refractivity (Wildman–Crippen MR) is 135 cm³/mol. The van der Waals surface area contributed by atoms with Crippen molar-refractivity contribution in [3.63, 3.8) is 0 Å². The molecular formula is C26H17BrO9. The van der Waals surface area contributed by atoms with Crippen molar-refractivity contribution in [1.29, 1.82) is 0 Å². The van der Waals surface area contributed by atoms with E-state index in [0.29, 0.717) is 5.56 Å². The van der Waals surface area contributed by atoms with Crippen molar-refractivity contribution < 1.29 is 46.0 Å². The van der Waals surface area contributed by atoms with Gasteiger partial charge in [0.05, 0.1) is 5.39 Å². The van der Waals surface area contributed by atoms with Gasteiger partial charge in [0.2, 0.25) is 23.0 Å². The van der Waals surface area contributed by atoms with Crippen LogP contribution in [0.3, 0.4) is 0 Å². The van der Waals surface area contributed by atoms with Crippen LogP contribution in [0, 0.1) is 0 Å². The summed E-state index contributed by atoms with van der Waals surface area (Å²) in [5, 5.41) is 92.5. The number of benzene rings is 5. The minimum absolute atomic E-state index is 0.209. The second kappa shape index (κ2) is 7.92. The summed E-state index contributed by atoms with van der Waals surface area (Å²) in [6, 6.07) is 13.9. The molecule has 0 unspecified atom stereocenters. The molecule has 0 spiro atoms. The number of phenols is 9. The van der Waals surface area contributed by atoms with Crippen LogP contribution in [0.25, 0.3) is 43.8 Å². The van der Waals surface area contributed by atoms with Crippen LogP contribution in [-0.4, -0.2) is 46.0 Å². The summed E-state index contributed by atoms with van der Waals surface area (Å²) < 4.78 is 0.856. The Morgan fingerprint density at radius 1 is 0.389 bits per heavy atom. The van der Waals surface area contributed by atoms with Gasteiger partial charge in [-0.25, -0.2) is 0 Å². The first-order chi connectivity index (χ1) is 17.0. The molecule has 0 saturated carbocycles. The van der Waals surface area contributed by atoms with Crippen molar-refractivity contribution in [3.8, 4) is 74.0 Å². The lowest BCUT2D eigenvalue weighted by Crippen LogP contribution is -1.91. The smallest absolute Gasteiger partial charge is 0.205 e. The van der Waals surface area contributed by atoms with Crippen molar-refractivity contribution in [3.05, 3.63) is 53.0 Å². The van der Waals surface area contributed by atoms with Gasteiger partial charge >= 0.3 is 0 Å². The Morgan fingerprint density at radius 3 is 1.39 bits per heavy atom. The SMILES string of the molecule is Oc1c(O)c(O)c2c(c1O)c(O)c(-c1cccc(-c3ccc(Br)cc3)c1)c1c(O)c(O)c(O)c(O)c12. The zero-order valence-corrected chi connectivity index (χ0v) is 19.6. The molecule has 9 nitrogen and oxygen atoms in total. The minimum atomic E-state index is -1.17. The highest BCUT2D eigenvalue weighted by Crippen LogP contribution is 2.61. The van der Waals surface area contributed by atoms with E-state index in [1.54, 1.807) is 24.3 Å². The molecule has 5 aromatic rings. The zero-order valence-electron chi connectivity index (χ0n) is 18.0. The summed E-state index contributed by atoms with van der Waals surface area (Å²) in [6.07, 6.45) is 0. The predicted octanol–water partition coefficient (Wildman–Crippen LogP) is 5.44. The van der Waals surface area contributed by atoms with E-state index in [4.69, 9.17) is 0 Å². The Balaban J connectivity index is 2.01. The van der Waals surface area contributed by atoms with Crippen molar-refractivity contribution in [2.24, 2.45) is 0 Å². The Labute approximate surface area is 210 Å². The molecule has 0 radical (unpaired) electrons. The Kier molecular flexibility index (Phi) is 5.08. The monoisotopic (exact) mass is 552 g/mol. The van der Waals surface area contributed by atoms with Gasteiger partial charge < -0.3 is 46.0 Å². The molecule has 0 aliphatic carbocycles. The van der Waals surface area contributed by atoms with Crippen LogP contribution in [0.4, 0.5) is 0 Å². The highest BCUT2D eigenvalue weighted by molar-refractivity contribution is 9.10. The molecule has 0 aromatic heterocycles. The average Bonchev–Trinajstić information content (AvgIpc) is 2.88. The van der Waals surface area contributed by atoms with Crippen molar-refractivity contribution in [2.45, 2.75) is 0 Å². The van der Waals surface area contributed by atoms with Crippen LogP contribution in [-0.2, 0) is 0 Å². The summed E-state index contributed by atoms with van der Waals surface area (Å²) in [5.41, 5.74) is 1.51. The first-order valence-electron chi connectivity index (χ1n) is 10.3. The molecule has 0 saturated heterocycles. The second-order valence-corrected chi connectivity index (χ2v) is 9.02. The zero-order chi connectivity index (χ0) is 26.0. The lowest BCUT2D eigenvalue weighted by molar-refractivity contribution is 0.348. The molecule has 0 atom stereocenters. The maximum atomic E-state index is 11.3. The quantitative estimate of drug-likeness (QED) is 0.0781. The molecule has 0 amide bonds. The topological polar surface area (TPSA) is 182 Å². The Morgan fingerprint density at radius 2 is 0.833 bits per heavy atom. The van der Waals surface area contributed by atoms with Gasteiger partial charge in [0.25, 0.3) is 0 Å². The summed E-state index contributed by atoms with van der Waals surface area (Å²) in [7, 11) is 0. The maximum absolute atomic E-state index is 11.3. The molecular weight excluding hydrogens is 536 g/mol. The number of hydrogen-bond donors (Lipinski definition) is 9. The Bertz CT molecular complexity index is 1730. The summed E-state index contributed by atoms with van der Waals surface area (Å²) >= 11 is 3.37. The van der Waals surface area contributed by atoms with Crippen LogP contribution < -0.4 is 0 Å². The third-order valence-electron chi connectivity index (χ3n) is 6.10. The minimum Gasteiger partial charge on any atom is -0.506 e. The van der Waals surface area contributed by atoms with Gasteiger partial charge in [0, 0.05) is 26.2 Å². The van der Waals surface area contributed by atoms with E-state index in [1.807, 2.05) is 24.3 Å². The number of aromatic hydroxyl groups is 9. The molecule has 0 aliphatic rings.